The van der Waals surface area contributed by atoms with Gasteiger partial charge in [-0.15, -0.1) is 0 Å². The molecule has 4 heteroatoms. The summed E-state index contributed by atoms with van der Waals surface area (Å²) in [5, 5.41) is 3.18. The van der Waals surface area contributed by atoms with Crippen LogP contribution in [0.2, 0.25) is 0 Å². The van der Waals surface area contributed by atoms with Gasteiger partial charge in [0.05, 0.1) is 13.7 Å². The zero-order valence-corrected chi connectivity index (χ0v) is 8.08. The predicted octanol–water partition coefficient (Wildman–Crippen LogP) is 0.627. The summed E-state index contributed by atoms with van der Waals surface area (Å²) in [6, 6.07) is 5.61. The molecule has 0 aliphatic carbocycles. The van der Waals surface area contributed by atoms with Crippen LogP contribution in [0.15, 0.2) is 23.2 Å². The number of hydrogen-bond donors (Lipinski definition) is 2. The van der Waals surface area contributed by atoms with Crippen LogP contribution in [0.3, 0.4) is 0 Å². The molecule has 0 bridgehead atoms. The van der Waals surface area contributed by atoms with Gasteiger partial charge in [-0.1, -0.05) is 0 Å². The van der Waals surface area contributed by atoms with Gasteiger partial charge in [0.15, 0.2) is 0 Å². The zero-order chi connectivity index (χ0) is 9.97. The van der Waals surface area contributed by atoms with Gasteiger partial charge in [-0.3, -0.25) is 4.99 Å². The summed E-state index contributed by atoms with van der Waals surface area (Å²) < 4.78 is 5.07. The highest BCUT2D eigenvalue weighted by atomic mass is 16.5. The summed E-state index contributed by atoms with van der Waals surface area (Å²) in [6.45, 7) is 1.71. The minimum Gasteiger partial charge on any atom is -0.497 e. The maximum absolute atomic E-state index is 5.88. The molecule has 0 saturated carbocycles. The molecule has 0 fully saturated rings. The van der Waals surface area contributed by atoms with Gasteiger partial charge in [0.2, 0.25) is 0 Å². The lowest BCUT2D eigenvalue weighted by Crippen LogP contribution is -2.20. The van der Waals surface area contributed by atoms with E-state index in [1.807, 2.05) is 12.1 Å². The summed E-state index contributed by atoms with van der Waals surface area (Å²) in [5.74, 6) is 1.65. The highest BCUT2D eigenvalue weighted by Crippen LogP contribution is 2.20. The predicted molar refractivity (Wildman–Crippen MR) is 56.8 cm³/mol. The molecule has 2 rings (SSSR count). The third kappa shape index (κ3) is 1.51. The second-order valence-electron chi connectivity index (χ2n) is 3.11. The second kappa shape index (κ2) is 3.57. The highest BCUT2D eigenvalue weighted by molar-refractivity contribution is 6.04. The van der Waals surface area contributed by atoms with E-state index in [9.17, 15) is 0 Å². The quantitative estimate of drug-likeness (QED) is 0.674. The van der Waals surface area contributed by atoms with E-state index in [4.69, 9.17) is 10.5 Å². The van der Waals surface area contributed by atoms with Crippen LogP contribution < -0.4 is 15.8 Å². The summed E-state index contributed by atoms with van der Waals surface area (Å²) in [5.41, 5.74) is 7.52. The first-order valence-corrected chi connectivity index (χ1v) is 4.53. The standard InChI is InChI=1S/C10H13N3O/c1-14-7-2-3-8(9(11)6-7)10-12-4-5-13-10/h2-3,6H,4-5,11H2,1H3,(H,12,13). The Morgan fingerprint density at radius 1 is 1.50 bits per heavy atom. The summed E-state index contributed by atoms with van der Waals surface area (Å²) in [6.07, 6.45) is 0. The lowest BCUT2D eigenvalue weighted by Gasteiger charge is -2.07. The monoisotopic (exact) mass is 191 g/mol. The van der Waals surface area contributed by atoms with Crippen LogP contribution in [0.4, 0.5) is 5.69 Å². The minimum atomic E-state index is 0.692. The number of hydrogen-bond acceptors (Lipinski definition) is 4. The number of nitrogens with two attached hydrogens (primary N) is 1. The third-order valence-electron chi connectivity index (χ3n) is 2.19. The number of rotatable bonds is 2. The van der Waals surface area contributed by atoms with Crippen molar-refractivity contribution in [2.45, 2.75) is 0 Å². The number of nitrogen functional groups attached to an aromatic ring is 1. The van der Waals surface area contributed by atoms with E-state index in [-0.39, 0.29) is 0 Å². The van der Waals surface area contributed by atoms with E-state index < -0.39 is 0 Å². The molecule has 0 aromatic heterocycles. The van der Waals surface area contributed by atoms with Crippen molar-refractivity contribution in [3.05, 3.63) is 23.8 Å². The van der Waals surface area contributed by atoms with Crippen LogP contribution >= 0.6 is 0 Å². The van der Waals surface area contributed by atoms with Crippen LogP contribution in [0.25, 0.3) is 0 Å². The fourth-order valence-corrected chi connectivity index (χ4v) is 1.46. The Hall–Kier alpha value is -1.71. The first-order valence-electron chi connectivity index (χ1n) is 4.53. The van der Waals surface area contributed by atoms with Crippen molar-refractivity contribution in [3.63, 3.8) is 0 Å². The molecule has 3 N–H and O–H groups in total. The number of nitrogens with zero attached hydrogens (tertiary/aromatic N) is 1. The number of amidine groups is 1. The van der Waals surface area contributed by atoms with Crippen molar-refractivity contribution in [1.82, 2.24) is 5.32 Å². The molecular formula is C10H13N3O. The van der Waals surface area contributed by atoms with Crippen LogP contribution in [0, 0.1) is 0 Å². The number of methoxy groups -OCH3 is 1. The number of anilines is 1. The van der Waals surface area contributed by atoms with Gasteiger partial charge < -0.3 is 15.8 Å². The lowest BCUT2D eigenvalue weighted by atomic mass is 10.1. The van der Waals surface area contributed by atoms with Gasteiger partial charge in [0, 0.05) is 23.9 Å². The largest absolute Gasteiger partial charge is 0.497 e. The smallest absolute Gasteiger partial charge is 0.130 e. The molecular weight excluding hydrogens is 178 g/mol. The van der Waals surface area contributed by atoms with E-state index >= 15 is 0 Å². The van der Waals surface area contributed by atoms with E-state index in [0.717, 1.165) is 30.2 Å². The Labute approximate surface area is 82.8 Å². The molecule has 0 amide bonds. The van der Waals surface area contributed by atoms with E-state index in [1.54, 1.807) is 13.2 Å². The molecule has 14 heavy (non-hydrogen) atoms. The van der Waals surface area contributed by atoms with Crippen molar-refractivity contribution in [1.29, 1.82) is 0 Å². The molecule has 1 aliphatic rings. The molecule has 0 unspecified atom stereocenters. The molecule has 0 spiro atoms. The van der Waals surface area contributed by atoms with Gasteiger partial charge in [-0.05, 0) is 12.1 Å². The second-order valence-corrected chi connectivity index (χ2v) is 3.11. The summed E-state index contributed by atoms with van der Waals surface area (Å²) >= 11 is 0. The van der Waals surface area contributed by atoms with Gasteiger partial charge >= 0.3 is 0 Å². The molecule has 1 heterocycles. The van der Waals surface area contributed by atoms with Crippen molar-refractivity contribution < 1.29 is 4.74 Å². The third-order valence-corrected chi connectivity index (χ3v) is 2.19. The van der Waals surface area contributed by atoms with Crippen molar-refractivity contribution in [2.75, 3.05) is 25.9 Å². The van der Waals surface area contributed by atoms with Gasteiger partial charge in [-0.25, -0.2) is 0 Å². The Morgan fingerprint density at radius 3 is 2.93 bits per heavy atom. The Morgan fingerprint density at radius 2 is 2.36 bits per heavy atom. The summed E-state index contributed by atoms with van der Waals surface area (Å²) in [4.78, 5) is 4.31. The number of ether oxygens (including phenoxy) is 1. The first-order chi connectivity index (χ1) is 6.81. The molecule has 0 atom stereocenters. The molecule has 0 saturated heterocycles. The van der Waals surface area contributed by atoms with E-state index in [0.29, 0.717) is 5.69 Å². The normalized spacial score (nSPS) is 14.8. The zero-order valence-electron chi connectivity index (χ0n) is 8.08. The van der Waals surface area contributed by atoms with Gasteiger partial charge in [0.1, 0.15) is 11.6 Å². The minimum absolute atomic E-state index is 0.692. The Balaban J connectivity index is 2.34. The van der Waals surface area contributed by atoms with E-state index in [1.165, 1.54) is 0 Å². The first kappa shape index (κ1) is 8.87. The average molecular weight is 191 g/mol. The van der Waals surface area contributed by atoms with Gasteiger partial charge in [0.25, 0.3) is 0 Å². The molecule has 1 aromatic rings. The lowest BCUT2D eigenvalue weighted by molar-refractivity contribution is 0.415. The van der Waals surface area contributed by atoms with Crippen molar-refractivity contribution in [3.8, 4) is 5.75 Å². The van der Waals surface area contributed by atoms with Crippen LogP contribution in [0.5, 0.6) is 5.75 Å². The SMILES string of the molecule is COc1ccc(C2=NCCN2)c(N)c1. The van der Waals surface area contributed by atoms with Crippen LogP contribution in [-0.2, 0) is 0 Å². The molecule has 1 aromatic carbocycles. The van der Waals surface area contributed by atoms with Crippen LogP contribution in [-0.4, -0.2) is 26.0 Å². The fourth-order valence-electron chi connectivity index (χ4n) is 1.46. The summed E-state index contributed by atoms with van der Waals surface area (Å²) in [7, 11) is 1.62. The number of benzene rings is 1. The average Bonchev–Trinajstić information content (AvgIpc) is 2.70. The topological polar surface area (TPSA) is 59.6 Å². The van der Waals surface area contributed by atoms with Gasteiger partial charge in [-0.2, -0.15) is 0 Å². The Bertz CT molecular complexity index is 374. The van der Waals surface area contributed by atoms with Crippen LogP contribution in [0.1, 0.15) is 5.56 Å². The fraction of sp³-hybridized carbons (Fsp3) is 0.300. The van der Waals surface area contributed by atoms with E-state index in [2.05, 4.69) is 10.3 Å². The van der Waals surface area contributed by atoms with Crippen molar-refractivity contribution >= 4 is 11.5 Å². The number of aliphatic imine (C=N–C) groups is 1. The molecule has 74 valence electrons. The molecule has 1 aliphatic heterocycles. The maximum atomic E-state index is 5.88. The molecule has 4 nitrogen and oxygen atoms in total. The highest BCUT2D eigenvalue weighted by Gasteiger charge is 2.11. The molecule has 0 radical (unpaired) electrons. The van der Waals surface area contributed by atoms with Crippen molar-refractivity contribution in [2.24, 2.45) is 4.99 Å². The number of nitrogens with one attached hydrogen (secondary N) is 1. The Kier molecular flexibility index (Phi) is 2.26. The maximum Gasteiger partial charge on any atom is 0.130 e.